The van der Waals surface area contributed by atoms with E-state index in [1.807, 2.05) is 24.4 Å². The van der Waals surface area contributed by atoms with E-state index in [0.717, 1.165) is 17.7 Å². The SMILES string of the molecule is Cc1ccc(C(c2ccc[nH]2)c2ccc(C=O)[nH]2)cc1. The van der Waals surface area contributed by atoms with Crippen molar-refractivity contribution in [2.24, 2.45) is 0 Å². The number of benzene rings is 1. The number of hydrogen-bond donors (Lipinski definition) is 2. The summed E-state index contributed by atoms with van der Waals surface area (Å²) in [6.45, 7) is 2.08. The first kappa shape index (κ1) is 12.5. The van der Waals surface area contributed by atoms with Crippen LogP contribution in [0.5, 0.6) is 0 Å². The number of rotatable bonds is 4. The Hall–Kier alpha value is -2.55. The number of aryl methyl sites for hydroxylation is 1. The smallest absolute Gasteiger partial charge is 0.166 e. The molecular formula is C17H16N2O. The van der Waals surface area contributed by atoms with Crippen molar-refractivity contribution in [3.05, 3.63) is 82.9 Å². The first-order valence-corrected chi connectivity index (χ1v) is 6.62. The van der Waals surface area contributed by atoms with E-state index in [-0.39, 0.29) is 5.92 Å². The molecule has 3 heteroatoms. The predicted molar refractivity (Wildman–Crippen MR) is 79.1 cm³/mol. The first-order chi connectivity index (χ1) is 9.78. The summed E-state index contributed by atoms with van der Waals surface area (Å²) < 4.78 is 0. The highest BCUT2D eigenvalue weighted by Crippen LogP contribution is 2.30. The van der Waals surface area contributed by atoms with Crippen LogP contribution in [0.4, 0.5) is 0 Å². The average Bonchev–Trinajstić information content (AvgIpc) is 3.13. The second kappa shape index (κ2) is 5.21. The van der Waals surface area contributed by atoms with Crippen LogP contribution in [0, 0.1) is 6.92 Å². The van der Waals surface area contributed by atoms with Crippen molar-refractivity contribution in [2.75, 3.05) is 0 Å². The third-order valence-electron chi connectivity index (χ3n) is 3.51. The molecule has 0 radical (unpaired) electrons. The Morgan fingerprint density at radius 2 is 1.80 bits per heavy atom. The van der Waals surface area contributed by atoms with Gasteiger partial charge in [-0.3, -0.25) is 4.79 Å². The molecule has 1 aromatic carbocycles. The molecule has 0 fully saturated rings. The van der Waals surface area contributed by atoms with Crippen LogP contribution in [-0.2, 0) is 0 Å². The molecule has 0 amide bonds. The summed E-state index contributed by atoms with van der Waals surface area (Å²) >= 11 is 0. The zero-order valence-electron chi connectivity index (χ0n) is 11.3. The van der Waals surface area contributed by atoms with Crippen LogP contribution in [0.3, 0.4) is 0 Å². The van der Waals surface area contributed by atoms with E-state index in [4.69, 9.17) is 0 Å². The molecule has 0 bridgehead atoms. The van der Waals surface area contributed by atoms with Crippen LogP contribution in [0.25, 0.3) is 0 Å². The molecule has 3 aromatic rings. The van der Waals surface area contributed by atoms with E-state index in [0.29, 0.717) is 5.69 Å². The largest absolute Gasteiger partial charge is 0.364 e. The van der Waals surface area contributed by atoms with Crippen molar-refractivity contribution in [1.29, 1.82) is 0 Å². The molecule has 1 unspecified atom stereocenters. The van der Waals surface area contributed by atoms with Gasteiger partial charge >= 0.3 is 0 Å². The molecular weight excluding hydrogens is 248 g/mol. The first-order valence-electron chi connectivity index (χ1n) is 6.62. The molecule has 3 nitrogen and oxygen atoms in total. The number of aldehydes is 1. The van der Waals surface area contributed by atoms with Crippen molar-refractivity contribution >= 4 is 6.29 Å². The number of aromatic amines is 2. The van der Waals surface area contributed by atoms with Crippen molar-refractivity contribution in [3.63, 3.8) is 0 Å². The van der Waals surface area contributed by atoms with Gasteiger partial charge in [-0.2, -0.15) is 0 Å². The Morgan fingerprint density at radius 3 is 2.40 bits per heavy atom. The summed E-state index contributed by atoms with van der Waals surface area (Å²) in [6, 6.07) is 16.3. The van der Waals surface area contributed by atoms with Crippen LogP contribution in [0.2, 0.25) is 0 Å². The van der Waals surface area contributed by atoms with Crippen LogP contribution >= 0.6 is 0 Å². The van der Waals surface area contributed by atoms with Crippen LogP contribution < -0.4 is 0 Å². The second-order valence-corrected chi connectivity index (χ2v) is 4.96. The number of carbonyl (C=O) groups excluding carboxylic acids is 1. The van der Waals surface area contributed by atoms with E-state index >= 15 is 0 Å². The summed E-state index contributed by atoms with van der Waals surface area (Å²) in [4.78, 5) is 17.3. The maximum absolute atomic E-state index is 10.9. The van der Waals surface area contributed by atoms with Gasteiger partial charge in [0.15, 0.2) is 6.29 Å². The normalized spacial score (nSPS) is 12.2. The van der Waals surface area contributed by atoms with Gasteiger partial charge in [0.25, 0.3) is 0 Å². The number of hydrogen-bond acceptors (Lipinski definition) is 1. The zero-order chi connectivity index (χ0) is 13.9. The highest BCUT2D eigenvalue weighted by molar-refractivity contribution is 5.72. The topological polar surface area (TPSA) is 48.6 Å². The minimum atomic E-state index is 0.0827. The Bertz CT molecular complexity index is 693. The minimum absolute atomic E-state index is 0.0827. The summed E-state index contributed by atoms with van der Waals surface area (Å²) in [5, 5.41) is 0. The Balaban J connectivity index is 2.08. The molecule has 0 saturated carbocycles. The van der Waals surface area contributed by atoms with Gasteiger partial charge in [0.2, 0.25) is 0 Å². The average molecular weight is 264 g/mol. The van der Waals surface area contributed by atoms with Crippen LogP contribution in [0.15, 0.2) is 54.7 Å². The van der Waals surface area contributed by atoms with Crippen LogP contribution in [0.1, 0.15) is 38.9 Å². The van der Waals surface area contributed by atoms with Crippen molar-refractivity contribution in [3.8, 4) is 0 Å². The van der Waals surface area contributed by atoms with Gasteiger partial charge in [-0.05, 0) is 36.8 Å². The van der Waals surface area contributed by atoms with Gasteiger partial charge in [-0.25, -0.2) is 0 Å². The number of nitrogens with one attached hydrogen (secondary N) is 2. The molecule has 2 N–H and O–H groups in total. The zero-order valence-corrected chi connectivity index (χ0v) is 11.3. The lowest BCUT2D eigenvalue weighted by Gasteiger charge is -2.15. The Kier molecular flexibility index (Phi) is 3.25. The third-order valence-corrected chi connectivity index (χ3v) is 3.51. The standard InChI is InChI=1S/C17H16N2O/c1-12-4-6-13(7-5-12)17(15-3-2-10-18-15)16-9-8-14(11-20)19-16/h2-11,17-19H,1H3. The lowest BCUT2D eigenvalue weighted by molar-refractivity contribution is 0.111. The van der Waals surface area contributed by atoms with Gasteiger partial charge in [0, 0.05) is 17.6 Å². The molecule has 2 aromatic heterocycles. The predicted octanol–water partition coefficient (Wildman–Crippen LogP) is 3.64. The number of carbonyl (C=O) groups is 1. The number of H-pyrrole nitrogens is 2. The molecule has 0 spiro atoms. The summed E-state index contributed by atoms with van der Waals surface area (Å²) in [7, 11) is 0. The molecule has 2 heterocycles. The highest BCUT2D eigenvalue weighted by Gasteiger charge is 2.18. The van der Waals surface area contributed by atoms with Gasteiger partial charge in [-0.15, -0.1) is 0 Å². The van der Waals surface area contributed by atoms with E-state index in [2.05, 4.69) is 47.2 Å². The van der Waals surface area contributed by atoms with Gasteiger partial charge in [-0.1, -0.05) is 29.8 Å². The summed E-state index contributed by atoms with van der Waals surface area (Å²) in [5.74, 6) is 0.0827. The van der Waals surface area contributed by atoms with Crippen LogP contribution in [-0.4, -0.2) is 16.3 Å². The van der Waals surface area contributed by atoms with Crippen molar-refractivity contribution < 1.29 is 4.79 Å². The minimum Gasteiger partial charge on any atom is -0.364 e. The fraction of sp³-hybridized carbons (Fsp3) is 0.118. The molecule has 1 atom stereocenters. The molecule has 0 aliphatic carbocycles. The fourth-order valence-electron chi connectivity index (χ4n) is 2.48. The van der Waals surface area contributed by atoms with Crippen molar-refractivity contribution in [2.45, 2.75) is 12.8 Å². The second-order valence-electron chi connectivity index (χ2n) is 4.96. The molecule has 3 rings (SSSR count). The fourth-order valence-corrected chi connectivity index (χ4v) is 2.48. The van der Waals surface area contributed by atoms with Crippen molar-refractivity contribution in [1.82, 2.24) is 9.97 Å². The lowest BCUT2D eigenvalue weighted by Crippen LogP contribution is -2.04. The lowest BCUT2D eigenvalue weighted by atomic mass is 9.92. The van der Waals surface area contributed by atoms with E-state index in [9.17, 15) is 4.79 Å². The van der Waals surface area contributed by atoms with E-state index in [1.165, 1.54) is 11.1 Å². The van der Waals surface area contributed by atoms with Gasteiger partial charge in [0.1, 0.15) is 0 Å². The molecule has 20 heavy (non-hydrogen) atoms. The maximum atomic E-state index is 10.9. The maximum Gasteiger partial charge on any atom is 0.166 e. The monoisotopic (exact) mass is 264 g/mol. The highest BCUT2D eigenvalue weighted by atomic mass is 16.1. The van der Waals surface area contributed by atoms with Gasteiger partial charge < -0.3 is 9.97 Å². The molecule has 100 valence electrons. The Labute approximate surface area is 117 Å². The molecule has 0 aliphatic rings. The molecule has 0 aliphatic heterocycles. The Morgan fingerprint density at radius 1 is 1.00 bits per heavy atom. The third kappa shape index (κ3) is 2.30. The summed E-state index contributed by atoms with van der Waals surface area (Å²) in [6.07, 6.45) is 2.75. The van der Waals surface area contributed by atoms with E-state index in [1.54, 1.807) is 0 Å². The molecule has 0 saturated heterocycles. The van der Waals surface area contributed by atoms with Gasteiger partial charge in [0.05, 0.1) is 11.6 Å². The van der Waals surface area contributed by atoms with E-state index < -0.39 is 0 Å². The number of aromatic nitrogens is 2. The summed E-state index contributed by atoms with van der Waals surface area (Å²) in [5.41, 5.74) is 5.15. The quantitative estimate of drug-likeness (QED) is 0.694.